The molecule has 1 aliphatic heterocycles. The fraction of sp³-hybridized carbons (Fsp3) is 0.556. The zero-order valence-electron chi connectivity index (χ0n) is 13.8. The van der Waals surface area contributed by atoms with E-state index in [1.54, 1.807) is 6.20 Å². The van der Waals surface area contributed by atoms with Gasteiger partial charge in [0.2, 0.25) is 0 Å². The number of fused-ring (bicyclic) bond motifs is 1. The van der Waals surface area contributed by atoms with Crippen LogP contribution in [0.2, 0.25) is 0 Å². The smallest absolute Gasteiger partial charge is 0.168 e. The van der Waals surface area contributed by atoms with Gasteiger partial charge in [-0.2, -0.15) is 0 Å². The summed E-state index contributed by atoms with van der Waals surface area (Å²) in [7, 11) is 0. The van der Waals surface area contributed by atoms with Crippen LogP contribution in [0.4, 0.5) is 5.69 Å². The monoisotopic (exact) mass is 348 g/mol. The van der Waals surface area contributed by atoms with Crippen molar-refractivity contribution in [1.29, 1.82) is 0 Å². The second-order valence-corrected chi connectivity index (χ2v) is 6.82. The SMILES string of the molecule is Cl.O=C(c1c[nH]c2nccc(N[C@@H]3CCCNC3)c12)C1CCCC1. The van der Waals surface area contributed by atoms with E-state index in [-0.39, 0.29) is 24.1 Å². The molecule has 2 aromatic heterocycles. The van der Waals surface area contributed by atoms with Crippen molar-refractivity contribution in [3.8, 4) is 0 Å². The van der Waals surface area contributed by atoms with Gasteiger partial charge in [0.15, 0.2) is 5.78 Å². The van der Waals surface area contributed by atoms with Gasteiger partial charge in [-0.3, -0.25) is 4.79 Å². The second kappa shape index (κ2) is 7.53. The number of pyridine rings is 1. The summed E-state index contributed by atoms with van der Waals surface area (Å²) in [6.45, 7) is 2.07. The van der Waals surface area contributed by atoms with Crippen LogP contribution in [0.1, 0.15) is 48.9 Å². The Morgan fingerprint density at radius 3 is 2.79 bits per heavy atom. The lowest BCUT2D eigenvalue weighted by molar-refractivity contribution is 0.0924. The Balaban J connectivity index is 0.00000169. The number of piperidine rings is 1. The molecule has 0 amide bonds. The number of nitrogens with one attached hydrogen (secondary N) is 3. The van der Waals surface area contributed by atoms with Gasteiger partial charge in [0.25, 0.3) is 0 Å². The summed E-state index contributed by atoms with van der Waals surface area (Å²) in [6, 6.07) is 2.41. The lowest BCUT2D eigenvalue weighted by Gasteiger charge is -2.25. The van der Waals surface area contributed by atoms with Crippen LogP contribution in [0.15, 0.2) is 18.5 Å². The van der Waals surface area contributed by atoms with E-state index in [9.17, 15) is 4.79 Å². The van der Waals surface area contributed by atoms with E-state index >= 15 is 0 Å². The molecule has 24 heavy (non-hydrogen) atoms. The summed E-state index contributed by atoms with van der Waals surface area (Å²) < 4.78 is 0. The van der Waals surface area contributed by atoms with Crippen LogP contribution in [0.25, 0.3) is 11.0 Å². The Hall–Kier alpha value is -1.59. The average Bonchev–Trinajstić information content (AvgIpc) is 3.26. The van der Waals surface area contributed by atoms with Crippen LogP contribution in [0.5, 0.6) is 0 Å². The second-order valence-electron chi connectivity index (χ2n) is 6.82. The average molecular weight is 349 g/mol. The molecule has 3 heterocycles. The number of aromatic amines is 1. The van der Waals surface area contributed by atoms with Gasteiger partial charge >= 0.3 is 0 Å². The van der Waals surface area contributed by atoms with Gasteiger partial charge < -0.3 is 15.6 Å². The summed E-state index contributed by atoms with van der Waals surface area (Å²) in [5.41, 5.74) is 2.65. The Morgan fingerprint density at radius 2 is 2.04 bits per heavy atom. The molecule has 1 saturated heterocycles. The standard InChI is InChI=1S/C18H24N4O.ClH/c23-17(12-4-1-2-5-12)14-11-21-18-16(14)15(7-9-20-18)22-13-6-3-8-19-10-13;/h7,9,11-13,19H,1-6,8,10H2,(H2,20,21,22);1H/t13-;/m1./s1. The van der Waals surface area contributed by atoms with Crippen molar-refractivity contribution in [3.63, 3.8) is 0 Å². The molecule has 0 aromatic carbocycles. The molecule has 0 unspecified atom stereocenters. The molecule has 0 radical (unpaired) electrons. The number of halogens is 1. The largest absolute Gasteiger partial charge is 0.380 e. The Labute approximate surface area is 148 Å². The number of aromatic nitrogens is 2. The number of Topliss-reactive ketones (excluding diaryl/α,β-unsaturated/α-hetero) is 1. The van der Waals surface area contributed by atoms with Gasteiger partial charge in [-0.05, 0) is 38.3 Å². The zero-order valence-corrected chi connectivity index (χ0v) is 14.6. The number of carbonyl (C=O) groups is 1. The number of hydrogen-bond donors (Lipinski definition) is 3. The fourth-order valence-electron chi connectivity index (χ4n) is 3.97. The minimum Gasteiger partial charge on any atom is -0.380 e. The van der Waals surface area contributed by atoms with Gasteiger partial charge in [0.05, 0.1) is 5.39 Å². The molecule has 6 heteroatoms. The third-order valence-electron chi connectivity index (χ3n) is 5.22. The van der Waals surface area contributed by atoms with E-state index in [2.05, 4.69) is 20.6 Å². The molecule has 3 N–H and O–H groups in total. The van der Waals surface area contributed by atoms with Crippen molar-refractivity contribution < 1.29 is 4.79 Å². The van der Waals surface area contributed by atoms with E-state index in [0.717, 1.165) is 54.6 Å². The minimum atomic E-state index is 0. The van der Waals surface area contributed by atoms with Crippen LogP contribution in [-0.2, 0) is 0 Å². The van der Waals surface area contributed by atoms with Gasteiger partial charge in [0.1, 0.15) is 5.65 Å². The molecule has 0 bridgehead atoms. The van der Waals surface area contributed by atoms with E-state index in [4.69, 9.17) is 0 Å². The molecule has 1 saturated carbocycles. The topological polar surface area (TPSA) is 69.8 Å². The van der Waals surface area contributed by atoms with Crippen LogP contribution >= 0.6 is 12.4 Å². The molecule has 1 aliphatic carbocycles. The maximum atomic E-state index is 12.9. The number of nitrogens with zero attached hydrogens (tertiary/aromatic N) is 1. The van der Waals surface area contributed by atoms with Crippen molar-refractivity contribution in [2.75, 3.05) is 18.4 Å². The predicted octanol–water partition coefficient (Wildman–Crippen LogP) is 3.52. The van der Waals surface area contributed by atoms with Crippen molar-refractivity contribution >= 4 is 34.9 Å². The van der Waals surface area contributed by atoms with Crippen LogP contribution in [0.3, 0.4) is 0 Å². The summed E-state index contributed by atoms with van der Waals surface area (Å²) in [5, 5.41) is 8.01. The van der Waals surface area contributed by atoms with E-state index < -0.39 is 0 Å². The Bertz CT molecular complexity index is 702. The van der Waals surface area contributed by atoms with Crippen molar-refractivity contribution in [3.05, 3.63) is 24.0 Å². The zero-order chi connectivity index (χ0) is 15.6. The highest BCUT2D eigenvalue weighted by Gasteiger charge is 2.27. The number of anilines is 1. The summed E-state index contributed by atoms with van der Waals surface area (Å²) in [5.74, 6) is 0.477. The first-order valence-electron chi connectivity index (χ1n) is 8.80. The number of carbonyl (C=O) groups excluding carboxylic acids is 1. The molecule has 4 rings (SSSR count). The quantitative estimate of drug-likeness (QED) is 0.739. The Kier molecular flexibility index (Phi) is 5.41. The number of ketones is 1. The van der Waals surface area contributed by atoms with Crippen LogP contribution < -0.4 is 10.6 Å². The fourth-order valence-corrected chi connectivity index (χ4v) is 3.97. The highest BCUT2D eigenvalue weighted by atomic mass is 35.5. The van der Waals surface area contributed by atoms with E-state index in [1.807, 2.05) is 12.3 Å². The van der Waals surface area contributed by atoms with Gasteiger partial charge in [-0.25, -0.2) is 4.98 Å². The first-order valence-corrected chi connectivity index (χ1v) is 8.80. The first kappa shape index (κ1) is 17.2. The third kappa shape index (κ3) is 3.28. The van der Waals surface area contributed by atoms with Crippen molar-refractivity contribution in [2.45, 2.75) is 44.6 Å². The summed E-state index contributed by atoms with van der Waals surface area (Å²) in [6.07, 6.45) is 10.4. The molecule has 5 nitrogen and oxygen atoms in total. The minimum absolute atomic E-state index is 0. The predicted molar refractivity (Wildman–Crippen MR) is 99.1 cm³/mol. The van der Waals surface area contributed by atoms with E-state index in [0.29, 0.717) is 6.04 Å². The molecule has 130 valence electrons. The number of hydrogen-bond acceptors (Lipinski definition) is 4. The number of rotatable bonds is 4. The highest BCUT2D eigenvalue weighted by molar-refractivity contribution is 6.12. The Morgan fingerprint density at radius 1 is 1.21 bits per heavy atom. The summed E-state index contributed by atoms with van der Waals surface area (Å²) >= 11 is 0. The molecular formula is C18H25ClN4O. The van der Waals surface area contributed by atoms with Crippen LogP contribution in [0, 0.1) is 5.92 Å². The van der Waals surface area contributed by atoms with Gasteiger partial charge in [-0.1, -0.05) is 12.8 Å². The highest BCUT2D eigenvalue weighted by Crippen LogP contribution is 2.33. The van der Waals surface area contributed by atoms with Crippen molar-refractivity contribution in [2.24, 2.45) is 5.92 Å². The third-order valence-corrected chi connectivity index (χ3v) is 5.22. The molecule has 1 atom stereocenters. The molecule has 2 aliphatic rings. The number of H-pyrrole nitrogens is 1. The molecule has 2 fully saturated rings. The van der Waals surface area contributed by atoms with Crippen LogP contribution in [-0.4, -0.2) is 34.9 Å². The van der Waals surface area contributed by atoms with Gasteiger partial charge in [-0.15, -0.1) is 12.4 Å². The van der Waals surface area contributed by atoms with Crippen molar-refractivity contribution in [1.82, 2.24) is 15.3 Å². The lowest BCUT2D eigenvalue weighted by Crippen LogP contribution is -2.38. The molecular weight excluding hydrogens is 324 g/mol. The van der Waals surface area contributed by atoms with Gasteiger partial charge in [0, 0.05) is 42.1 Å². The maximum Gasteiger partial charge on any atom is 0.168 e. The van der Waals surface area contributed by atoms with E-state index in [1.165, 1.54) is 19.3 Å². The lowest BCUT2D eigenvalue weighted by atomic mass is 9.96. The normalized spacial score (nSPS) is 21.6. The molecule has 0 spiro atoms. The maximum absolute atomic E-state index is 12.9. The summed E-state index contributed by atoms with van der Waals surface area (Å²) in [4.78, 5) is 20.5. The molecule has 2 aromatic rings. The first-order chi connectivity index (χ1) is 11.3.